The average Bonchev–Trinajstić information content (AvgIpc) is 2.40. The average molecular weight is 261 g/mol. The molecule has 19 heavy (non-hydrogen) atoms. The molecule has 1 aromatic carbocycles. The van der Waals surface area contributed by atoms with E-state index < -0.39 is 0 Å². The lowest BCUT2D eigenvalue weighted by molar-refractivity contribution is -0.131. The molecule has 0 bridgehead atoms. The number of amides is 1. The van der Waals surface area contributed by atoms with Crippen LogP contribution in [0.25, 0.3) is 0 Å². The van der Waals surface area contributed by atoms with Crippen LogP contribution in [0.15, 0.2) is 24.3 Å². The lowest BCUT2D eigenvalue weighted by Crippen LogP contribution is -2.50. The Morgan fingerprint density at radius 1 is 1.26 bits per heavy atom. The first kappa shape index (κ1) is 14.0. The van der Waals surface area contributed by atoms with Gasteiger partial charge in [0, 0.05) is 32.7 Å². The standard InChI is InChI=1S/C15H23N3O/c1-13-4-3-5-14(10-13)12-17-6-8-18(9-7-17)15(19)11-16-2/h3-5,10,16H,6-9,11-12H2,1-2H3. The normalized spacial score (nSPS) is 16.6. The van der Waals surface area contributed by atoms with Gasteiger partial charge in [0.05, 0.1) is 6.54 Å². The Balaban J connectivity index is 1.82. The number of carbonyl (C=O) groups excluding carboxylic acids is 1. The van der Waals surface area contributed by atoms with Crippen molar-refractivity contribution < 1.29 is 4.79 Å². The number of likely N-dealkylation sites (N-methyl/N-ethyl adjacent to an activating group) is 1. The summed E-state index contributed by atoms with van der Waals surface area (Å²) in [6, 6.07) is 8.64. The van der Waals surface area contributed by atoms with Crippen LogP contribution < -0.4 is 5.32 Å². The van der Waals surface area contributed by atoms with Crippen LogP contribution in [0.2, 0.25) is 0 Å². The number of nitrogens with one attached hydrogen (secondary N) is 1. The Hall–Kier alpha value is -1.39. The van der Waals surface area contributed by atoms with E-state index in [9.17, 15) is 4.79 Å². The second-order valence-corrected chi connectivity index (χ2v) is 5.18. The maximum Gasteiger partial charge on any atom is 0.236 e. The topological polar surface area (TPSA) is 35.6 Å². The molecule has 0 unspecified atom stereocenters. The lowest BCUT2D eigenvalue weighted by Gasteiger charge is -2.34. The van der Waals surface area contributed by atoms with Gasteiger partial charge in [-0.1, -0.05) is 29.8 Å². The van der Waals surface area contributed by atoms with Crippen LogP contribution in [0.5, 0.6) is 0 Å². The maximum atomic E-state index is 11.8. The molecule has 4 nitrogen and oxygen atoms in total. The monoisotopic (exact) mass is 261 g/mol. The molecule has 104 valence electrons. The Morgan fingerprint density at radius 2 is 2.00 bits per heavy atom. The van der Waals surface area contributed by atoms with Crippen LogP contribution >= 0.6 is 0 Å². The van der Waals surface area contributed by atoms with E-state index in [0.717, 1.165) is 32.7 Å². The van der Waals surface area contributed by atoms with Crippen molar-refractivity contribution in [1.82, 2.24) is 15.1 Å². The number of hydrogen-bond acceptors (Lipinski definition) is 3. The fourth-order valence-corrected chi connectivity index (χ4v) is 2.49. The third-order valence-electron chi connectivity index (χ3n) is 3.54. The van der Waals surface area contributed by atoms with Crippen molar-refractivity contribution in [3.63, 3.8) is 0 Å². The molecule has 1 aliphatic heterocycles. The minimum Gasteiger partial charge on any atom is -0.339 e. The molecule has 0 spiro atoms. The Bertz CT molecular complexity index is 425. The van der Waals surface area contributed by atoms with Gasteiger partial charge in [-0.25, -0.2) is 0 Å². The minimum atomic E-state index is 0.206. The van der Waals surface area contributed by atoms with E-state index >= 15 is 0 Å². The number of piperazine rings is 1. The largest absolute Gasteiger partial charge is 0.339 e. The molecule has 1 N–H and O–H groups in total. The summed E-state index contributed by atoms with van der Waals surface area (Å²) in [7, 11) is 1.81. The van der Waals surface area contributed by atoms with Gasteiger partial charge in [0.1, 0.15) is 0 Å². The quantitative estimate of drug-likeness (QED) is 0.873. The highest BCUT2D eigenvalue weighted by molar-refractivity contribution is 5.78. The van der Waals surface area contributed by atoms with E-state index in [1.54, 1.807) is 0 Å². The highest BCUT2D eigenvalue weighted by Crippen LogP contribution is 2.10. The molecule has 1 fully saturated rings. The second-order valence-electron chi connectivity index (χ2n) is 5.18. The van der Waals surface area contributed by atoms with Gasteiger partial charge >= 0.3 is 0 Å². The highest BCUT2D eigenvalue weighted by Gasteiger charge is 2.20. The minimum absolute atomic E-state index is 0.206. The van der Waals surface area contributed by atoms with Crippen LogP contribution in [-0.4, -0.2) is 55.5 Å². The van der Waals surface area contributed by atoms with Gasteiger partial charge < -0.3 is 10.2 Å². The molecule has 0 saturated carbocycles. The van der Waals surface area contributed by atoms with Gasteiger partial charge in [-0.05, 0) is 19.5 Å². The first-order valence-corrected chi connectivity index (χ1v) is 6.89. The molecule has 4 heteroatoms. The van der Waals surface area contributed by atoms with Gasteiger partial charge in [0.15, 0.2) is 0 Å². The molecule has 0 aliphatic carbocycles. The third-order valence-corrected chi connectivity index (χ3v) is 3.54. The Kier molecular flexibility index (Phi) is 4.93. The summed E-state index contributed by atoms with van der Waals surface area (Å²) in [5.41, 5.74) is 2.66. The van der Waals surface area contributed by atoms with Crippen molar-refractivity contribution in [2.24, 2.45) is 0 Å². The van der Waals surface area contributed by atoms with Gasteiger partial charge in [-0.15, -0.1) is 0 Å². The van der Waals surface area contributed by atoms with E-state index in [0.29, 0.717) is 6.54 Å². The lowest BCUT2D eigenvalue weighted by atomic mass is 10.1. The van der Waals surface area contributed by atoms with Crippen LogP contribution in [0.3, 0.4) is 0 Å². The Morgan fingerprint density at radius 3 is 2.63 bits per heavy atom. The van der Waals surface area contributed by atoms with Crippen molar-refractivity contribution in [3.05, 3.63) is 35.4 Å². The number of nitrogens with zero attached hydrogens (tertiary/aromatic N) is 2. The predicted octanol–water partition coefficient (Wildman–Crippen LogP) is 0.859. The van der Waals surface area contributed by atoms with Gasteiger partial charge in [-0.3, -0.25) is 9.69 Å². The van der Waals surface area contributed by atoms with Crippen LogP contribution in [0.4, 0.5) is 0 Å². The number of aryl methyl sites for hydroxylation is 1. The molecule has 1 aliphatic rings. The number of hydrogen-bond donors (Lipinski definition) is 1. The van der Waals surface area contributed by atoms with Gasteiger partial charge in [0.25, 0.3) is 0 Å². The van der Waals surface area contributed by atoms with Crippen molar-refractivity contribution in [2.75, 3.05) is 39.8 Å². The number of carbonyl (C=O) groups is 1. The van der Waals surface area contributed by atoms with E-state index in [2.05, 4.69) is 41.4 Å². The van der Waals surface area contributed by atoms with Crippen molar-refractivity contribution in [2.45, 2.75) is 13.5 Å². The second kappa shape index (κ2) is 6.68. The molecule has 1 aromatic rings. The molecule has 0 aromatic heterocycles. The SMILES string of the molecule is CNCC(=O)N1CCN(Cc2cccc(C)c2)CC1. The van der Waals surface area contributed by atoms with Crippen molar-refractivity contribution in [1.29, 1.82) is 0 Å². The Labute approximate surface area is 115 Å². The summed E-state index contributed by atoms with van der Waals surface area (Å²) in [5, 5.41) is 2.92. The first-order chi connectivity index (χ1) is 9.19. The van der Waals surface area contributed by atoms with Crippen LogP contribution in [-0.2, 0) is 11.3 Å². The van der Waals surface area contributed by atoms with Crippen LogP contribution in [0.1, 0.15) is 11.1 Å². The van der Waals surface area contributed by atoms with Crippen molar-refractivity contribution >= 4 is 5.91 Å². The number of benzene rings is 1. The van der Waals surface area contributed by atoms with Gasteiger partial charge in [-0.2, -0.15) is 0 Å². The summed E-state index contributed by atoms with van der Waals surface area (Å²) >= 11 is 0. The zero-order valence-corrected chi connectivity index (χ0v) is 11.9. The molecule has 1 saturated heterocycles. The predicted molar refractivity (Wildman–Crippen MR) is 77.0 cm³/mol. The van der Waals surface area contributed by atoms with Crippen LogP contribution in [0, 0.1) is 6.92 Å². The molecule has 1 heterocycles. The molecule has 0 radical (unpaired) electrons. The molecular formula is C15H23N3O. The number of rotatable bonds is 4. The summed E-state index contributed by atoms with van der Waals surface area (Å²) in [6.45, 7) is 7.15. The fraction of sp³-hybridized carbons (Fsp3) is 0.533. The zero-order valence-electron chi connectivity index (χ0n) is 11.9. The van der Waals surface area contributed by atoms with E-state index in [1.165, 1.54) is 11.1 Å². The van der Waals surface area contributed by atoms with E-state index in [4.69, 9.17) is 0 Å². The highest BCUT2D eigenvalue weighted by atomic mass is 16.2. The summed E-state index contributed by atoms with van der Waals surface area (Å²) < 4.78 is 0. The van der Waals surface area contributed by atoms with E-state index in [-0.39, 0.29) is 5.91 Å². The summed E-state index contributed by atoms with van der Waals surface area (Å²) in [5.74, 6) is 0.206. The smallest absolute Gasteiger partial charge is 0.236 e. The molecule has 2 rings (SSSR count). The van der Waals surface area contributed by atoms with Gasteiger partial charge in [0.2, 0.25) is 5.91 Å². The summed E-state index contributed by atoms with van der Waals surface area (Å²) in [4.78, 5) is 16.1. The zero-order chi connectivity index (χ0) is 13.7. The molecule has 0 atom stereocenters. The first-order valence-electron chi connectivity index (χ1n) is 6.89. The van der Waals surface area contributed by atoms with E-state index in [1.807, 2.05) is 11.9 Å². The molecular weight excluding hydrogens is 238 g/mol. The maximum absolute atomic E-state index is 11.8. The fourth-order valence-electron chi connectivity index (χ4n) is 2.49. The summed E-state index contributed by atoms with van der Waals surface area (Å²) in [6.07, 6.45) is 0. The third kappa shape index (κ3) is 4.04. The van der Waals surface area contributed by atoms with Crippen molar-refractivity contribution in [3.8, 4) is 0 Å². The molecule has 1 amide bonds.